The second kappa shape index (κ2) is 6.62. The summed E-state index contributed by atoms with van der Waals surface area (Å²) in [6, 6.07) is 0.107. The van der Waals surface area contributed by atoms with Crippen molar-refractivity contribution in [3.63, 3.8) is 0 Å². The first-order valence-corrected chi connectivity index (χ1v) is 5.75. The van der Waals surface area contributed by atoms with E-state index in [1.165, 1.54) is 0 Å². The Morgan fingerprint density at radius 2 is 2.31 bits per heavy atom. The van der Waals surface area contributed by atoms with E-state index in [9.17, 15) is 0 Å². The van der Waals surface area contributed by atoms with Crippen LogP contribution in [0.3, 0.4) is 0 Å². The summed E-state index contributed by atoms with van der Waals surface area (Å²) in [5.41, 5.74) is 2.77. The molecule has 0 aromatic carbocycles. The minimum atomic E-state index is 0.107. The molecule has 0 saturated carbocycles. The average Bonchev–Trinajstić information content (AvgIpc) is 2.70. The van der Waals surface area contributed by atoms with Gasteiger partial charge in [-0.1, -0.05) is 0 Å². The lowest BCUT2D eigenvalue weighted by Gasteiger charge is -2.17. The van der Waals surface area contributed by atoms with Gasteiger partial charge in [-0.05, 0) is 20.8 Å². The highest BCUT2D eigenvalue weighted by atomic mass is 16.5. The Morgan fingerprint density at radius 3 is 2.88 bits per heavy atom. The SMILES string of the molecule is CCn1ccnc1CC(COC(C)C)NN. The van der Waals surface area contributed by atoms with Gasteiger partial charge in [-0.25, -0.2) is 4.98 Å². The van der Waals surface area contributed by atoms with Gasteiger partial charge in [0.2, 0.25) is 0 Å². The van der Waals surface area contributed by atoms with E-state index in [-0.39, 0.29) is 12.1 Å². The van der Waals surface area contributed by atoms with Crippen molar-refractivity contribution in [2.45, 2.75) is 45.9 Å². The van der Waals surface area contributed by atoms with E-state index in [4.69, 9.17) is 10.6 Å². The third-order valence-corrected chi connectivity index (χ3v) is 2.44. The van der Waals surface area contributed by atoms with E-state index in [2.05, 4.69) is 21.9 Å². The first kappa shape index (κ1) is 13.2. The Bertz CT molecular complexity index is 298. The molecule has 0 bridgehead atoms. The molecule has 1 atom stereocenters. The molecule has 1 aromatic rings. The summed E-state index contributed by atoms with van der Waals surface area (Å²) in [5, 5.41) is 0. The number of nitrogens with one attached hydrogen (secondary N) is 1. The Kier molecular flexibility index (Phi) is 5.45. The van der Waals surface area contributed by atoms with Crippen molar-refractivity contribution in [1.29, 1.82) is 0 Å². The van der Waals surface area contributed by atoms with Crippen molar-refractivity contribution in [2.24, 2.45) is 5.84 Å². The topological polar surface area (TPSA) is 65.1 Å². The van der Waals surface area contributed by atoms with Gasteiger partial charge in [0, 0.05) is 25.4 Å². The Balaban J connectivity index is 2.49. The van der Waals surface area contributed by atoms with Crippen LogP contribution in [0.4, 0.5) is 0 Å². The Morgan fingerprint density at radius 1 is 1.56 bits per heavy atom. The lowest BCUT2D eigenvalue weighted by atomic mass is 10.2. The molecule has 16 heavy (non-hydrogen) atoms. The maximum atomic E-state index is 5.54. The minimum absolute atomic E-state index is 0.107. The number of hydrazine groups is 1. The molecule has 0 amide bonds. The number of hydrogen-bond acceptors (Lipinski definition) is 4. The molecular formula is C11H22N4O. The fourth-order valence-electron chi connectivity index (χ4n) is 1.51. The van der Waals surface area contributed by atoms with Gasteiger partial charge in [0.05, 0.1) is 18.8 Å². The summed E-state index contributed by atoms with van der Waals surface area (Å²) < 4.78 is 7.65. The summed E-state index contributed by atoms with van der Waals surface area (Å²) in [6.07, 6.45) is 4.80. The standard InChI is InChI=1S/C11H22N4O/c1-4-15-6-5-13-11(15)7-10(14-12)8-16-9(2)3/h5-6,9-10,14H,4,7-8,12H2,1-3H3. The molecule has 0 aliphatic rings. The molecule has 1 aromatic heterocycles. The molecule has 1 unspecified atom stereocenters. The molecular weight excluding hydrogens is 204 g/mol. The van der Waals surface area contributed by atoms with Crippen LogP contribution in [0, 0.1) is 0 Å². The van der Waals surface area contributed by atoms with E-state index >= 15 is 0 Å². The Hall–Kier alpha value is -0.910. The molecule has 0 aliphatic heterocycles. The molecule has 1 heterocycles. The number of rotatable bonds is 7. The molecule has 5 heteroatoms. The molecule has 0 fully saturated rings. The molecule has 92 valence electrons. The second-order valence-corrected chi connectivity index (χ2v) is 4.08. The van der Waals surface area contributed by atoms with Gasteiger partial charge in [-0.3, -0.25) is 11.3 Å². The second-order valence-electron chi connectivity index (χ2n) is 4.08. The van der Waals surface area contributed by atoms with Crippen LogP contribution in [0.25, 0.3) is 0 Å². The van der Waals surface area contributed by atoms with Gasteiger partial charge in [-0.2, -0.15) is 0 Å². The maximum Gasteiger partial charge on any atom is 0.110 e. The number of imidazole rings is 1. The van der Waals surface area contributed by atoms with Gasteiger partial charge < -0.3 is 9.30 Å². The summed E-state index contributed by atoms with van der Waals surface area (Å²) in [5.74, 6) is 6.54. The van der Waals surface area contributed by atoms with Crippen molar-refractivity contribution in [3.8, 4) is 0 Å². The van der Waals surface area contributed by atoms with Crippen molar-refractivity contribution in [1.82, 2.24) is 15.0 Å². The summed E-state index contributed by atoms with van der Waals surface area (Å²) in [7, 11) is 0. The van der Waals surface area contributed by atoms with E-state index < -0.39 is 0 Å². The smallest absolute Gasteiger partial charge is 0.110 e. The fraction of sp³-hybridized carbons (Fsp3) is 0.727. The molecule has 0 spiro atoms. The zero-order valence-electron chi connectivity index (χ0n) is 10.3. The van der Waals surface area contributed by atoms with E-state index in [0.717, 1.165) is 18.8 Å². The Labute approximate surface area is 97.0 Å². The lowest BCUT2D eigenvalue weighted by Crippen LogP contribution is -2.41. The number of aromatic nitrogens is 2. The van der Waals surface area contributed by atoms with Crippen LogP contribution < -0.4 is 11.3 Å². The quantitative estimate of drug-likeness (QED) is 0.530. The van der Waals surface area contributed by atoms with Gasteiger partial charge in [0.25, 0.3) is 0 Å². The molecule has 0 aliphatic carbocycles. The average molecular weight is 226 g/mol. The molecule has 3 N–H and O–H groups in total. The minimum Gasteiger partial charge on any atom is -0.377 e. The molecule has 0 radical (unpaired) electrons. The van der Waals surface area contributed by atoms with Crippen molar-refractivity contribution >= 4 is 0 Å². The highest BCUT2D eigenvalue weighted by molar-refractivity contribution is 4.95. The van der Waals surface area contributed by atoms with E-state index in [0.29, 0.717) is 6.61 Å². The number of aryl methyl sites for hydroxylation is 1. The molecule has 0 saturated heterocycles. The molecule has 5 nitrogen and oxygen atoms in total. The monoisotopic (exact) mass is 226 g/mol. The number of nitrogens with zero attached hydrogens (tertiary/aromatic N) is 2. The molecule has 1 rings (SSSR count). The fourth-order valence-corrected chi connectivity index (χ4v) is 1.51. The van der Waals surface area contributed by atoms with Gasteiger partial charge >= 0.3 is 0 Å². The first-order valence-electron chi connectivity index (χ1n) is 5.75. The zero-order valence-corrected chi connectivity index (χ0v) is 10.3. The lowest BCUT2D eigenvalue weighted by molar-refractivity contribution is 0.0608. The van der Waals surface area contributed by atoms with E-state index in [1.807, 2.05) is 26.2 Å². The van der Waals surface area contributed by atoms with Crippen molar-refractivity contribution in [3.05, 3.63) is 18.2 Å². The van der Waals surface area contributed by atoms with Gasteiger partial charge in [0.1, 0.15) is 5.82 Å². The number of ether oxygens (including phenoxy) is 1. The van der Waals surface area contributed by atoms with Crippen LogP contribution in [-0.4, -0.2) is 28.3 Å². The normalized spacial score (nSPS) is 13.3. The van der Waals surface area contributed by atoms with Gasteiger partial charge in [0.15, 0.2) is 0 Å². The summed E-state index contributed by atoms with van der Waals surface area (Å²) >= 11 is 0. The third kappa shape index (κ3) is 3.92. The number of hydrogen-bond donors (Lipinski definition) is 2. The summed E-state index contributed by atoms with van der Waals surface area (Å²) in [4.78, 5) is 4.31. The van der Waals surface area contributed by atoms with Crippen LogP contribution >= 0.6 is 0 Å². The van der Waals surface area contributed by atoms with Crippen molar-refractivity contribution in [2.75, 3.05) is 6.61 Å². The van der Waals surface area contributed by atoms with Crippen LogP contribution in [0.15, 0.2) is 12.4 Å². The van der Waals surface area contributed by atoms with Crippen LogP contribution in [-0.2, 0) is 17.7 Å². The predicted octanol–water partition coefficient (Wildman–Crippen LogP) is 0.702. The summed E-state index contributed by atoms with van der Waals surface area (Å²) in [6.45, 7) is 7.66. The third-order valence-electron chi connectivity index (χ3n) is 2.44. The van der Waals surface area contributed by atoms with Crippen molar-refractivity contribution < 1.29 is 4.74 Å². The predicted molar refractivity (Wildman–Crippen MR) is 63.8 cm³/mol. The largest absolute Gasteiger partial charge is 0.377 e. The first-order chi connectivity index (χ1) is 7.67. The van der Waals surface area contributed by atoms with Crippen LogP contribution in [0.5, 0.6) is 0 Å². The van der Waals surface area contributed by atoms with Gasteiger partial charge in [-0.15, -0.1) is 0 Å². The number of nitrogens with two attached hydrogens (primary N) is 1. The van der Waals surface area contributed by atoms with E-state index in [1.54, 1.807) is 0 Å². The maximum absolute atomic E-state index is 5.54. The highest BCUT2D eigenvalue weighted by Crippen LogP contribution is 2.03. The zero-order chi connectivity index (χ0) is 12.0. The van der Waals surface area contributed by atoms with Crippen LogP contribution in [0.1, 0.15) is 26.6 Å². The van der Waals surface area contributed by atoms with Crippen LogP contribution in [0.2, 0.25) is 0 Å². The highest BCUT2D eigenvalue weighted by Gasteiger charge is 2.12.